The van der Waals surface area contributed by atoms with Gasteiger partial charge in [-0.2, -0.15) is 0 Å². The van der Waals surface area contributed by atoms with Gasteiger partial charge in [0.05, 0.1) is 0 Å². The third kappa shape index (κ3) is 2.82. The summed E-state index contributed by atoms with van der Waals surface area (Å²) in [5.41, 5.74) is 5.83. The maximum Gasteiger partial charge on any atom is 0.418 e. The van der Waals surface area contributed by atoms with Crippen LogP contribution in [0.25, 0.3) is 0 Å². The monoisotopic (exact) mass is 331 g/mol. The molecule has 0 aliphatic carbocycles. The Kier molecular flexibility index (Phi) is 4.20. The Hall–Kier alpha value is -2.90. The van der Waals surface area contributed by atoms with Gasteiger partial charge in [-0.15, -0.1) is 0 Å². The summed E-state index contributed by atoms with van der Waals surface area (Å²) in [7, 11) is 0. The van der Waals surface area contributed by atoms with Gasteiger partial charge in [0.2, 0.25) is 17.9 Å². The topological polar surface area (TPSA) is 110 Å². The second kappa shape index (κ2) is 6.31. The van der Waals surface area contributed by atoms with E-state index < -0.39 is 42.5 Å². The highest BCUT2D eigenvalue weighted by molar-refractivity contribution is 6.03. The lowest BCUT2D eigenvalue weighted by molar-refractivity contribution is -0.140. The summed E-state index contributed by atoms with van der Waals surface area (Å²) in [6.45, 7) is -0.0730. The Balaban J connectivity index is 1.71. The molecule has 0 spiro atoms. The summed E-state index contributed by atoms with van der Waals surface area (Å²) in [5.74, 6) is -1.66. The van der Waals surface area contributed by atoms with Crippen LogP contribution in [-0.2, 0) is 19.1 Å². The van der Waals surface area contributed by atoms with Crippen LogP contribution in [0, 0.1) is 0 Å². The standard InChI is InChI=1S/C16H17N3O5/c17-14(21)11-7-4-8-18(11)12(20)9-19-15(22)13(24-16(19)23)10-5-2-1-3-6-10/h1-3,5-6,11,13H,4,7-9H2,(H2,17,21). The van der Waals surface area contributed by atoms with E-state index in [4.69, 9.17) is 10.5 Å². The molecule has 2 saturated heterocycles. The fraction of sp³-hybridized carbons (Fsp3) is 0.375. The summed E-state index contributed by atoms with van der Waals surface area (Å²) in [4.78, 5) is 50.2. The number of hydrogen-bond donors (Lipinski definition) is 1. The number of hydrogen-bond acceptors (Lipinski definition) is 5. The van der Waals surface area contributed by atoms with E-state index in [1.165, 1.54) is 4.90 Å². The number of ether oxygens (including phenoxy) is 1. The smallest absolute Gasteiger partial charge is 0.418 e. The second-order valence-electron chi connectivity index (χ2n) is 5.75. The van der Waals surface area contributed by atoms with Gasteiger partial charge < -0.3 is 15.4 Å². The average Bonchev–Trinajstić information content (AvgIpc) is 3.16. The number of nitrogens with two attached hydrogens (primary N) is 1. The molecular weight excluding hydrogens is 314 g/mol. The summed E-state index contributed by atoms with van der Waals surface area (Å²) in [6, 6.07) is 7.90. The first kappa shape index (κ1) is 16.0. The molecule has 3 rings (SSSR count). The van der Waals surface area contributed by atoms with Gasteiger partial charge in [0, 0.05) is 12.1 Å². The van der Waals surface area contributed by atoms with Crippen molar-refractivity contribution in [2.24, 2.45) is 5.73 Å². The van der Waals surface area contributed by atoms with Crippen LogP contribution in [-0.4, -0.2) is 52.7 Å². The Labute approximate surface area is 138 Å². The Bertz CT molecular complexity index is 690. The third-order valence-electron chi connectivity index (χ3n) is 4.23. The van der Waals surface area contributed by atoms with Gasteiger partial charge >= 0.3 is 6.09 Å². The summed E-state index contributed by atoms with van der Waals surface area (Å²) >= 11 is 0. The van der Waals surface area contributed by atoms with Crippen molar-refractivity contribution >= 4 is 23.8 Å². The number of nitrogens with zero attached hydrogens (tertiary/aromatic N) is 2. The number of primary amides is 1. The van der Waals surface area contributed by atoms with Gasteiger partial charge in [-0.25, -0.2) is 9.69 Å². The molecule has 24 heavy (non-hydrogen) atoms. The van der Waals surface area contributed by atoms with Gasteiger partial charge in [-0.05, 0) is 12.8 Å². The molecule has 0 radical (unpaired) electrons. The number of carbonyl (C=O) groups is 4. The van der Waals surface area contributed by atoms with Crippen LogP contribution in [0.1, 0.15) is 24.5 Å². The summed E-state index contributed by atoms with van der Waals surface area (Å²) in [5, 5.41) is 0. The van der Waals surface area contributed by atoms with Crippen molar-refractivity contribution in [3.8, 4) is 0 Å². The van der Waals surface area contributed by atoms with E-state index in [0.29, 0.717) is 24.9 Å². The number of imide groups is 1. The molecule has 8 heteroatoms. The zero-order chi connectivity index (χ0) is 17.3. The predicted molar refractivity (Wildman–Crippen MR) is 81.3 cm³/mol. The van der Waals surface area contributed by atoms with Crippen LogP contribution in [0.2, 0.25) is 0 Å². The molecule has 126 valence electrons. The highest BCUT2D eigenvalue weighted by Gasteiger charge is 2.44. The molecule has 0 aromatic heterocycles. The number of likely N-dealkylation sites (tertiary alicyclic amines) is 1. The first-order valence-electron chi connectivity index (χ1n) is 7.64. The van der Waals surface area contributed by atoms with Crippen LogP contribution >= 0.6 is 0 Å². The molecule has 2 fully saturated rings. The number of cyclic esters (lactones) is 1. The van der Waals surface area contributed by atoms with E-state index in [1.54, 1.807) is 30.3 Å². The number of carbonyl (C=O) groups excluding carboxylic acids is 4. The maximum absolute atomic E-state index is 12.4. The Morgan fingerprint density at radius 1 is 1.21 bits per heavy atom. The largest absolute Gasteiger partial charge is 0.431 e. The molecule has 2 N–H and O–H groups in total. The minimum absolute atomic E-state index is 0.381. The lowest BCUT2D eigenvalue weighted by atomic mass is 10.1. The van der Waals surface area contributed by atoms with Crippen LogP contribution in [0.5, 0.6) is 0 Å². The molecular formula is C16H17N3O5. The molecule has 4 amide bonds. The fourth-order valence-electron chi connectivity index (χ4n) is 3.01. The Morgan fingerprint density at radius 2 is 1.92 bits per heavy atom. The first-order chi connectivity index (χ1) is 11.5. The molecule has 0 bridgehead atoms. The second-order valence-corrected chi connectivity index (χ2v) is 5.75. The lowest BCUT2D eigenvalue weighted by Crippen LogP contribution is -2.48. The van der Waals surface area contributed by atoms with Crippen molar-refractivity contribution in [3.05, 3.63) is 35.9 Å². The maximum atomic E-state index is 12.4. The molecule has 2 aliphatic heterocycles. The third-order valence-corrected chi connectivity index (χ3v) is 4.23. The normalized spacial score (nSPS) is 23.5. The number of amides is 4. The van der Waals surface area contributed by atoms with Gasteiger partial charge in [-0.1, -0.05) is 30.3 Å². The van der Waals surface area contributed by atoms with Gasteiger partial charge in [-0.3, -0.25) is 14.4 Å². The molecule has 8 nitrogen and oxygen atoms in total. The van der Waals surface area contributed by atoms with Gasteiger partial charge in [0.1, 0.15) is 12.6 Å². The van der Waals surface area contributed by atoms with Crippen molar-refractivity contribution in [1.82, 2.24) is 9.80 Å². The highest BCUT2D eigenvalue weighted by atomic mass is 16.6. The van der Waals surface area contributed by atoms with Crippen LogP contribution in [0.3, 0.4) is 0 Å². The van der Waals surface area contributed by atoms with Crippen molar-refractivity contribution in [2.75, 3.05) is 13.1 Å². The number of benzene rings is 1. The van der Waals surface area contributed by atoms with Crippen molar-refractivity contribution in [2.45, 2.75) is 25.0 Å². The average molecular weight is 331 g/mol. The predicted octanol–water partition coefficient (Wildman–Crippen LogP) is 0.183. The zero-order valence-corrected chi connectivity index (χ0v) is 12.9. The minimum atomic E-state index is -1.04. The lowest BCUT2D eigenvalue weighted by Gasteiger charge is -2.23. The van der Waals surface area contributed by atoms with Crippen LogP contribution < -0.4 is 5.73 Å². The molecule has 2 aliphatic rings. The van der Waals surface area contributed by atoms with Gasteiger partial charge in [0.15, 0.2) is 0 Å². The van der Waals surface area contributed by atoms with E-state index in [0.717, 1.165) is 4.90 Å². The molecule has 2 atom stereocenters. The summed E-state index contributed by atoms with van der Waals surface area (Å²) in [6.07, 6.45) is -0.759. The number of rotatable bonds is 4. The van der Waals surface area contributed by atoms with Crippen LogP contribution in [0.4, 0.5) is 4.79 Å². The quantitative estimate of drug-likeness (QED) is 0.846. The molecule has 0 saturated carbocycles. The van der Waals surface area contributed by atoms with E-state index in [1.807, 2.05) is 0 Å². The van der Waals surface area contributed by atoms with E-state index in [2.05, 4.69) is 0 Å². The summed E-state index contributed by atoms with van der Waals surface area (Å²) < 4.78 is 5.09. The van der Waals surface area contributed by atoms with Crippen molar-refractivity contribution < 1.29 is 23.9 Å². The molecule has 1 aromatic carbocycles. The SMILES string of the molecule is NC(=O)C1CCCN1C(=O)CN1C(=O)OC(c2ccccc2)C1=O. The van der Waals surface area contributed by atoms with Crippen LogP contribution in [0.15, 0.2) is 30.3 Å². The van der Waals surface area contributed by atoms with Crippen molar-refractivity contribution in [3.63, 3.8) is 0 Å². The van der Waals surface area contributed by atoms with E-state index in [9.17, 15) is 19.2 Å². The zero-order valence-electron chi connectivity index (χ0n) is 12.9. The molecule has 2 unspecified atom stereocenters. The first-order valence-corrected chi connectivity index (χ1v) is 7.64. The van der Waals surface area contributed by atoms with E-state index in [-0.39, 0.29) is 0 Å². The molecule has 1 aromatic rings. The minimum Gasteiger partial charge on any atom is -0.431 e. The van der Waals surface area contributed by atoms with Gasteiger partial charge in [0.25, 0.3) is 5.91 Å². The fourth-order valence-corrected chi connectivity index (χ4v) is 3.01. The molecule has 2 heterocycles. The van der Waals surface area contributed by atoms with E-state index >= 15 is 0 Å². The Morgan fingerprint density at radius 3 is 2.58 bits per heavy atom. The van der Waals surface area contributed by atoms with Crippen molar-refractivity contribution in [1.29, 1.82) is 0 Å². The highest BCUT2D eigenvalue weighted by Crippen LogP contribution is 2.27.